The van der Waals surface area contributed by atoms with E-state index < -0.39 is 28.3 Å². The second-order valence-electron chi connectivity index (χ2n) is 4.38. The van der Waals surface area contributed by atoms with Crippen LogP contribution in [0, 0.1) is 10.1 Å². The van der Waals surface area contributed by atoms with Gasteiger partial charge in [-0.1, -0.05) is 0 Å². The lowest BCUT2D eigenvalue weighted by Crippen LogP contribution is -2.20. The molecule has 0 unspecified atom stereocenters. The Hall–Kier alpha value is -2.32. The second-order valence-corrected chi connectivity index (χ2v) is 4.38. The van der Waals surface area contributed by atoms with Crippen molar-refractivity contribution in [3.8, 4) is 0 Å². The fourth-order valence-electron chi connectivity index (χ4n) is 1.48. The average Bonchev–Trinajstić information content (AvgIpc) is 2.34. The predicted molar refractivity (Wildman–Crippen MR) is 67.8 cm³/mol. The van der Waals surface area contributed by atoms with Crippen LogP contribution >= 0.6 is 0 Å². The molecule has 0 spiro atoms. The summed E-state index contributed by atoms with van der Waals surface area (Å²) in [6.45, 7) is 2.86. The molecular weight excluding hydrogens is 293 g/mol. The molecule has 1 aromatic carbocycles. The molecule has 116 valence electrons. The van der Waals surface area contributed by atoms with Crippen LogP contribution in [0.25, 0.3) is 0 Å². The Labute approximate surface area is 118 Å². The van der Waals surface area contributed by atoms with Gasteiger partial charge >= 0.3 is 12.1 Å². The smallest absolute Gasteiger partial charge is 0.416 e. The molecule has 0 aliphatic rings. The van der Waals surface area contributed by atoms with Crippen LogP contribution in [0.15, 0.2) is 18.2 Å². The number of anilines is 1. The first-order valence-electron chi connectivity index (χ1n) is 5.90. The summed E-state index contributed by atoms with van der Waals surface area (Å²) in [5.74, 6) is -0.667. The number of hydrogen-bond acceptors (Lipinski definition) is 5. The van der Waals surface area contributed by atoms with E-state index in [0.29, 0.717) is 12.1 Å². The van der Waals surface area contributed by atoms with Gasteiger partial charge in [0.25, 0.3) is 5.69 Å². The van der Waals surface area contributed by atoms with Crippen molar-refractivity contribution in [2.45, 2.75) is 26.1 Å². The molecule has 21 heavy (non-hydrogen) atoms. The van der Waals surface area contributed by atoms with Crippen molar-refractivity contribution in [2.75, 3.05) is 11.9 Å². The van der Waals surface area contributed by atoms with Gasteiger partial charge in [-0.25, -0.2) is 0 Å². The fourth-order valence-corrected chi connectivity index (χ4v) is 1.48. The summed E-state index contributed by atoms with van der Waals surface area (Å²) < 4.78 is 42.3. The molecule has 0 aromatic heterocycles. The molecule has 0 bridgehead atoms. The Morgan fingerprint density at radius 3 is 2.52 bits per heavy atom. The number of nitrogens with zero attached hydrogens (tertiary/aromatic N) is 1. The summed E-state index contributed by atoms with van der Waals surface area (Å²) in [7, 11) is 0. The topological polar surface area (TPSA) is 81.5 Å². The number of esters is 1. The molecule has 0 aliphatic carbocycles. The van der Waals surface area contributed by atoms with Crippen LogP contribution in [0.5, 0.6) is 0 Å². The Bertz CT molecular complexity index is 544. The van der Waals surface area contributed by atoms with Crippen LogP contribution in [0.4, 0.5) is 24.5 Å². The minimum absolute atomic E-state index is 0.186. The number of hydrogen-bond donors (Lipinski definition) is 1. The van der Waals surface area contributed by atoms with Gasteiger partial charge in [0.2, 0.25) is 0 Å². The van der Waals surface area contributed by atoms with Crippen LogP contribution in [0.2, 0.25) is 0 Å². The molecule has 0 atom stereocenters. The monoisotopic (exact) mass is 306 g/mol. The predicted octanol–water partition coefficient (Wildman–Crippen LogP) is 2.98. The number of carbonyl (C=O) groups excluding carboxylic acids is 1. The minimum atomic E-state index is -4.68. The van der Waals surface area contributed by atoms with Crippen molar-refractivity contribution < 1.29 is 27.6 Å². The number of rotatable bonds is 5. The number of carbonyl (C=O) groups is 1. The molecule has 0 radical (unpaired) electrons. The molecule has 0 fully saturated rings. The molecular formula is C12H13F3N2O4. The van der Waals surface area contributed by atoms with Crippen molar-refractivity contribution in [3.63, 3.8) is 0 Å². The average molecular weight is 306 g/mol. The van der Waals surface area contributed by atoms with Crippen molar-refractivity contribution >= 4 is 17.3 Å². The maximum Gasteiger partial charge on any atom is 0.416 e. The van der Waals surface area contributed by atoms with Gasteiger partial charge in [0, 0.05) is 6.07 Å². The summed E-state index contributed by atoms with van der Waals surface area (Å²) in [4.78, 5) is 21.2. The van der Waals surface area contributed by atoms with E-state index in [1.807, 2.05) is 0 Å². The van der Waals surface area contributed by atoms with Gasteiger partial charge in [-0.05, 0) is 26.0 Å². The van der Waals surface area contributed by atoms with Gasteiger partial charge in [0.05, 0.1) is 16.6 Å². The molecule has 9 heteroatoms. The lowest BCUT2D eigenvalue weighted by molar-refractivity contribution is -0.384. The zero-order valence-corrected chi connectivity index (χ0v) is 11.2. The summed E-state index contributed by atoms with van der Waals surface area (Å²) in [5, 5.41) is 13.2. The lowest BCUT2D eigenvalue weighted by atomic mass is 10.1. The van der Waals surface area contributed by atoms with Gasteiger partial charge in [-0.2, -0.15) is 13.2 Å². The third-order valence-corrected chi connectivity index (χ3v) is 2.31. The number of halogens is 3. The third kappa shape index (κ3) is 4.93. The van der Waals surface area contributed by atoms with Crippen LogP contribution in [0.3, 0.4) is 0 Å². The van der Waals surface area contributed by atoms with E-state index in [2.05, 4.69) is 5.32 Å². The van der Waals surface area contributed by atoms with Crippen LogP contribution in [0.1, 0.15) is 19.4 Å². The summed E-state index contributed by atoms with van der Waals surface area (Å²) >= 11 is 0. The molecule has 0 aliphatic heterocycles. The fraction of sp³-hybridized carbons (Fsp3) is 0.417. The zero-order chi connectivity index (χ0) is 16.2. The number of nitrogens with one attached hydrogen (secondary N) is 1. The molecule has 6 nitrogen and oxygen atoms in total. The summed E-state index contributed by atoms with van der Waals surface area (Å²) in [6.07, 6.45) is -5.04. The van der Waals surface area contributed by atoms with Gasteiger partial charge in [0.1, 0.15) is 12.2 Å². The van der Waals surface area contributed by atoms with E-state index in [1.165, 1.54) is 0 Å². The number of nitro benzene ring substituents is 1. The molecule has 0 saturated heterocycles. The van der Waals surface area contributed by atoms with E-state index in [1.54, 1.807) is 13.8 Å². The quantitative estimate of drug-likeness (QED) is 0.514. The van der Waals surface area contributed by atoms with Gasteiger partial charge in [-0.15, -0.1) is 0 Å². The maximum atomic E-state index is 12.5. The Morgan fingerprint density at radius 1 is 1.43 bits per heavy atom. The number of benzene rings is 1. The highest BCUT2D eigenvalue weighted by molar-refractivity contribution is 5.77. The highest BCUT2D eigenvalue weighted by atomic mass is 19.4. The van der Waals surface area contributed by atoms with E-state index >= 15 is 0 Å². The Morgan fingerprint density at radius 2 is 2.05 bits per heavy atom. The summed E-state index contributed by atoms with van der Waals surface area (Å²) in [6, 6.07) is 2.02. The van der Waals surface area contributed by atoms with Crippen LogP contribution in [-0.2, 0) is 15.7 Å². The molecule has 1 aromatic rings. The highest BCUT2D eigenvalue weighted by Gasteiger charge is 2.33. The summed E-state index contributed by atoms with van der Waals surface area (Å²) in [5.41, 5.74) is -2.08. The molecule has 1 N–H and O–H groups in total. The van der Waals surface area contributed by atoms with Crippen molar-refractivity contribution in [1.82, 2.24) is 0 Å². The Balaban J connectivity index is 2.92. The van der Waals surface area contributed by atoms with Crippen LogP contribution in [-0.4, -0.2) is 23.5 Å². The van der Waals surface area contributed by atoms with Crippen molar-refractivity contribution in [1.29, 1.82) is 0 Å². The number of ether oxygens (including phenoxy) is 1. The first kappa shape index (κ1) is 16.7. The third-order valence-electron chi connectivity index (χ3n) is 2.31. The molecule has 0 amide bonds. The SMILES string of the molecule is CC(C)OC(=O)CNc1ccc(C(F)(F)F)cc1[N+](=O)[O-]. The van der Waals surface area contributed by atoms with E-state index in [9.17, 15) is 28.1 Å². The maximum absolute atomic E-state index is 12.5. The highest BCUT2D eigenvalue weighted by Crippen LogP contribution is 2.34. The minimum Gasteiger partial charge on any atom is -0.462 e. The molecule has 0 heterocycles. The Kier molecular flexibility index (Phi) is 5.12. The van der Waals surface area contributed by atoms with Crippen molar-refractivity contribution in [2.24, 2.45) is 0 Å². The van der Waals surface area contributed by atoms with Crippen molar-refractivity contribution in [3.05, 3.63) is 33.9 Å². The second kappa shape index (κ2) is 6.42. The zero-order valence-electron chi connectivity index (χ0n) is 11.2. The lowest BCUT2D eigenvalue weighted by Gasteiger charge is -2.11. The standard InChI is InChI=1S/C12H13F3N2O4/c1-7(2)21-11(18)6-16-9-4-3-8(12(13,14)15)5-10(9)17(19)20/h3-5,7,16H,6H2,1-2H3. The van der Waals surface area contributed by atoms with Gasteiger partial charge in [-0.3, -0.25) is 14.9 Å². The van der Waals surface area contributed by atoms with E-state index in [0.717, 1.165) is 6.07 Å². The molecule has 1 rings (SSSR count). The normalized spacial score (nSPS) is 11.3. The molecule has 0 saturated carbocycles. The first-order valence-corrected chi connectivity index (χ1v) is 5.90. The number of nitro groups is 1. The first-order chi connectivity index (χ1) is 9.61. The number of alkyl halides is 3. The van der Waals surface area contributed by atoms with Gasteiger partial charge < -0.3 is 10.1 Å². The largest absolute Gasteiger partial charge is 0.462 e. The van der Waals surface area contributed by atoms with Crippen LogP contribution < -0.4 is 5.32 Å². The van der Waals surface area contributed by atoms with E-state index in [4.69, 9.17) is 4.74 Å². The van der Waals surface area contributed by atoms with E-state index in [-0.39, 0.29) is 18.3 Å². The van der Waals surface area contributed by atoms with Gasteiger partial charge in [0.15, 0.2) is 0 Å².